The summed E-state index contributed by atoms with van der Waals surface area (Å²) in [5.74, 6) is 0.595. The van der Waals surface area contributed by atoms with Crippen LogP contribution >= 0.6 is 0 Å². The molecule has 2 saturated heterocycles. The number of amides is 1. The molecule has 1 amide bonds. The van der Waals surface area contributed by atoms with Crippen molar-refractivity contribution in [2.24, 2.45) is 0 Å². The molecule has 2 heterocycles. The number of morpholine rings is 1. The molecule has 7 heteroatoms. The van der Waals surface area contributed by atoms with Crippen molar-refractivity contribution >= 4 is 5.91 Å². The van der Waals surface area contributed by atoms with E-state index in [1.54, 1.807) is 19.2 Å². The topological polar surface area (TPSA) is 45.2 Å². The Kier molecular flexibility index (Phi) is 7.17. The molecule has 4 rings (SSSR count). The average molecular weight is 428 g/mol. The maximum atomic E-state index is 13.7. The summed E-state index contributed by atoms with van der Waals surface area (Å²) in [6.07, 6.45) is 0. The average Bonchev–Trinajstić information content (AvgIpc) is 2.82. The van der Waals surface area contributed by atoms with E-state index in [9.17, 15) is 9.18 Å². The Hall–Kier alpha value is -2.48. The van der Waals surface area contributed by atoms with Gasteiger partial charge in [0.05, 0.1) is 20.3 Å². The van der Waals surface area contributed by atoms with E-state index in [4.69, 9.17) is 9.47 Å². The molecule has 2 aromatic rings. The molecule has 2 fully saturated rings. The third kappa shape index (κ3) is 5.23. The Morgan fingerprint density at radius 2 is 1.74 bits per heavy atom. The fourth-order valence-corrected chi connectivity index (χ4v) is 4.39. The summed E-state index contributed by atoms with van der Waals surface area (Å²) in [6.45, 7) is 6.25. The molecule has 6 nitrogen and oxygen atoms in total. The molecule has 0 aliphatic carbocycles. The molecule has 0 spiro atoms. The zero-order chi connectivity index (χ0) is 21.6. The van der Waals surface area contributed by atoms with Crippen LogP contribution in [0.25, 0.3) is 0 Å². The van der Waals surface area contributed by atoms with E-state index in [1.807, 2.05) is 35.2 Å². The van der Waals surface area contributed by atoms with Crippen LogP contribution in [0.5, 0.6) is 5.75 Å². The number of rotatable bonds is 6. The largest absolute Gasteiger partial charge is 0.496 e. The lowest BCUT2D eigenvalue weighted by molar-refractivity contribution is -0.142. The molecule has 0 aromatic heterocycles. The molecule has 0 bridgehead atoms. The first-order valence-corrected chi connectivity index (χ1v) is 10.9. The first kappa shape index (κ1) is 21.7. The number of ether oxygens (including phenoxy) is 2. The SMILES string of the molecule is COc1ccc(F)cc1CN1CCN([C@@H](C(=O)N2CCOCC2)c2ccccc2)CC1. The number of nitrogens with zero attached hydrogens (tertiary/aromatic N) is 3. The Morgan fingerprint density at radius 3 is 2.42 bits per heavy atom. The second-order valence-corrected chi connectivity index (χ2v) is 8.02. The van der Waals surface area contributed by atoms with E-state index >= 15 is 0 Å². The van der Waals surface area contributed by atoms with Gasteiger partial charge in [-0.2, -0.15) is 0 Å². The van der Waals surface area contributed by atoms with Gasteiger partial charge in [0.25, 0.3) is 0 Å². The van der Waals surface area contributed by atoms with Crippen molar-refractivity contribution in [3.05, 3.63) is 65.5 Å². The van der Waals surface area contributed by atoms with Crippen molar-refractivity contribution in [2.45, 2.75) is 12.6 Å². The van der Waals surface area contributed by atoms with E-state index in [0.29, 0.717) is 38.6 Å². The number of benzene rings is 2. The van der Waals surface area contributed by atoms with Gasteiger partial charge in [-0.05, 0) is 23.8 Å². The number of hydrogen-bond acceptors (Lipinski definition) is 5. The number of piperazine rings is 1. The Labute approximate surface area is 183 Å². The molecule has 2 aliphatic heterocycles. The molecule has 1 atom stereocenters. The quantitative estimate of drug-likeness (QED) is 0.709. The monoisotopic (exact) mass is 427 g/mol. The van der Waals surface area contributed by atoms with Crippen LogP contribution in [-0.4, -0.2) is 80.2 Å². The molecule has 166 valence electrons. The van der Waals surface area contributed by atoms with Crippen LogP contribution in [0, 0.1) is 5.82 Å². The van der Waals surface area contributed by atoms with Crippen LogP contribution in [0.3, 0.4) is 0 Å². The first-order valence-electron chi connectivity index (χ1n) is 10.9. The summed E-state index contributed by atoms with van der Waals surface area (Å²) in [5, 5.41) is 0. The van der Waals surface area contributed by atoms with Crippen LogP contribution in [0.2, 0.25) is 0 Å². The smallest absolute Gasteiger partial charge is 0.244 e. The van der Waals surface area contributed by atoms with Gasteiger partial charge < -0.3 is 14.4 Å². The van der Waals surface area contributed by atoms with Crippen molar-refractivity contribution in [3.63, 3.8) is 0 Å². The lowest BCUT2D eigenvalue weighted by Crippen LogP contribution is -2.52. The van der Waals surface area contributed by atoms with Crippen molar-refractivity contribution in [3.8, 4) is 5.75 Å². The second kappa shape index (κ2) is 10.2. The third-order valence-electron chi connectivity index (χ3n) is 6.08. The predicted molar refractivity (Wildman–Crippen MR) is 116 cm³/mol. The second-order valence-electron chi connectivity index (χ2n) is 8.02. The van der Waals surface area contributed by atoms with Gasteiger partial charge in [-0.3, -0.25) is 14.6 Å². The van der Waals surface area contributed by atoms with Crippen LogP contribution in [0.15, 0.2) is 48.5 Å². The highest BCUT2D eigenvalue weighted by Crippen LogP contribution is 2.27. The molecule has 31 heavy (non-hydrogen) atoms. The van der Waals surface area contributed by atoms with Crippen LogP contribution in [0.4, 0.5) is 4.39 Å². The highest BCUT2D eigenvalue weighted by molar-refractivity contribution is 5.83. The molecule has 0 saturated carbocycles. The van der Waals surface area contributed by atoms with E-state index in [1.165, 1.54) is 6.07 Å². The summed E-state index contributed by atoms with van der Waals surface area (Å²) in [4.78, 5) is 19.9. The summed E-state index contributed by atoms with van der Waals surface area (Å²) in [6, 6.07) is 14.4. The van der Waals surface area contributed by atoms with Crippen molar-refractivity contribution in [2.75, 3.05) is 59.6 Å². The molecule has 2 aliphatic rings. The fraction of sp³-hybridized carbons (Fsp3) is 0.458. The number of hydrogen-bond donors (Lipinski definition) is 0. The molecular formula is C24H30FN3O3. The van der Waals surface area contributed by atoms with Crippen molar-refractivity contribution in [1.82, 2.24) is 14.7 Å². The lowest BCUT2D eigenvalue weighted by atomic mass is 10.0. The van der Waals surface area contributed by atoms with Gasteiger partial charge in [0, 0.05) is 51.4 Å². The van der Waals surface area contributed by atoms with Crippen molar-refractivity contribution < 1.29 is 18.7 Å². The van der Waals surface area contributed by atoms with Gasteiger partial charge in [0.15, 0.2) is 0 Å². The van der Waals surface area contributed by atoms with E-state index in [-0.39, 0.29) is 17.8 Å². The molecule has 2 aromatic carbocycles. The standard InChI is InChI=1S/C24H30FN3O3/c1-30-22-8-7-21(25)17-20(22)18-26-9-11-27(12-10-26)23(19-5-3-2-4-6-19)24(29)28-13-15-31-16-14-28/h2-8,17,23H,9-16,18H2,1H3/t23-/m1/s1. The summed E-state index contributed by atoms with van der Waals surface area (Å²) in [5.41, 5.74) is 1.87. The minimum absolute atomic E-state index is 0.148. The first-order chi connectivity index (χ1) is 15.2. The Balaban J connectivity index is 1.45. The zero-order valence-corrected chi connectivity index (χ0v) is 18.0. The predicted octanol–water partition coefficient (Wildman–Crippen LogP) is 2.55. The van der Waals surface area contributed by atoms with Crippen LogP contribution < -0.4 is 4.74 Å². The molecule has 0 unspecified atom stereocenters. The summed E-state index contributed by atoms with van der Waals surface area (Å²) in [7, 11) is 1.61. The third-order valence-corrected chi connectivity index (χ3v) is 6.08. The maximum Gasteiger partial charge on any atom is 0.244 e. The minimum atomic E-state index is -0.287. The Morgan fingerprint density at radius 1 is 1.03 bits per heavy atom. The van der Waals surface area contributed by atoms with Crippen LogP contribution in [0.1, 0.15) is 17.2 Å². The Bertz CT molecular complexity index is 866. The minimum Gasteiger partial charge on any atom is -0.496 e. The fourth-order valence-electron chi connectivity index (χ4n) is 4.39. The van der Waals surface area contributed by atoms with Gasteiger partial charge in [-0.15, -0.1) is 0 Å². The normalized spacial score (nSPS) is 19.2. The maximum absolute atomic E-state index is 13.7. The van der Waals surface area contributed by atoms with Gasteiger partial charge in [-0.1, -0.05) is 30.3 Å². The van der Waals surface area contributed by atoms with Crippen molar-refractivity contribution in [1.29, 1.82) is 0 Å². The number of carbonyl (C=O) groups excluding carboxylic acids is 1. The van der Waals surface area contributed by atoms with Gasteiger partial charge in [0.1, 0.15) is 17.6 Å². The van der Waals surface area contributed by atoms with Crippen LogP contribution in [-0.2, 0) is 16.1 Å². The summed E-state index contributed by atoms with van der Waals surface area (Å²) >= 11 is 0. The molecule has 0 N–H and O–H groups in total. The highest BCUT2D eigenvalue weighted by Gasteiger charge is 2.34. The van der Waals surface area contributed by atoms with E-state index in [2.05, 4.69) is 9.80 Å². The van der Waals surface area contributed by atoms with Gasteiger partial charge in [0.2, 0.25) is 5.91 Å². The number of methoxy groups -OCH3 is 1. The van der Waals surface area contributed by atoms with E-state index < -0.39 is 0 Å². The van der Waals surface area contributed by atoms with Gasteiger partial charge >= 0.3 is 0 Å². The molecule has 0 radical (unpaired) electrons. The number of carbonyl (C=O) groups is 1. The molecular weight excluding hydrogens is 397 g/mol. The van der Waals surface area contributed by atoms with Gasteiger partial charge in [-0.25, -0.2) is 4.39 Å². The summed E-state index contributed by atoms with van der Waals surface area (Å²) < 4.78 is 24.5. The zero-order valence-electron chi connectivity index (χ0n) is 18.0. The van der Waals surface area contributed by atoms with E-state index in [0.717, 1.165) is 37.3 Å². The highest BCUT2D eigenvalue weighted by atomic mass is 19.1. The lowest BCUT2D eigenvalue weighted by Gasteiger charge is -2.41. The number of halogens is 1.